The van der Waals surface area contributed by atoms with E-state index in [9.17, 15) is 8.78 Å². The number of aromatic nitrogens is 1. The van der Waals surface area contributed by atoms with Crippen molar-refractivity contribution in [3.8, 4) is 5.88 Å². The van der Waals surface area contributed by atoms with Crippen LogP contribution in [-0.4, -0.2) is 18.6 Å². The van der Waals surface area contributed by atoms with Crippen LogP contribution < -0.4 is 10.5 Å². The second-order valence-electron chi connectivity index (χ2n) is 2.62. The Balaban J connectivity index is 3.23. The summed E-state index contributed by atoms with van der Waals surface area (Å²) in [6, 6.07) is 1.25. The van der Waals surface area contributed by atoms with Crippen LogP contribution >= 0.6 is 15.9 Å². The van der Waals surface area contributed by atoms with Crippen molar-refractivity contribution in [2.24, 2.45) is 5.73 Å². The fourth-order valence-corrected chi connectivity index (χ4v) is 1.29. The highest BCUT2D eigenvalue weighted by atomic mass is 79.9. The number of hydrogen-bond donors (Lipinski definition) is 1. The maximum absolute atomic E-state index is 13.2. The van der Waals surface area contributed by atoms with E-state index in [4.69, 9.17) is 10.5 Å². The summed E-state index contributed by atoms with van der Waals surface area (Å²) in [4.78, 5) is 3.71. The van der Waals surface area contributed by atoms with Gasteiger partial charge in [0.2, 0.25) is 5.88 Å². The van der Waals surface area contributed by atoms with E-state index in [0.717, 1.165) is 0 Å². The molecule has 0 amide bonds. The summed E-state index contributed by atoms with van der Waals surface area (Å²) in [5, 5.41) is 0. The highest BCUT2D eigenvalue weighted by Gasteiger charge is 2.34. The molecule has 0 aliphatic heterocycles. The number of ether oxygens (including phenoxy) is 1. The monoisotopic (exact) mass is 266 g/mol. The lowest BCUT2D eigenvalue weighted by atomic mass is 10.1. The molecule has 0 spiro atoms. The molecule has 0 aliphatic carbocycles. The van der Waals surface area contributed by atoms with Crippen LogP contribution in [0.4, 0.5) is 8.78 Å². The summed E-state index contributed by atoms with van der Waals surface area (Å²) < 4.78 is 31.7. The molecule has 0 unspecified atom stereocenters. The fourth-order valence-electron chi connectivity index (χ4n) is 0.961. The number of nitrogens with two attached hydrogens (primary N) is 1. The van der Waals surface area contributed by atoms with Crippen LogP contribution in [0.3, 0.4) is 0 Å². The minimum Gasteiger partial charge on any atom is -0.481 e. The standard InChI is InChI=1S/C8H9BrF2N2O/c1-14-7-6(8(10,11)4-12)2-5(9)3-13-7/h2-3H,4,12H2,1H3. The average molecular weight is 267 g/mol. The summed E-state index contributed by atoms with van der Waals surface area (Å²) in [5.74, 6) is -3.23. The lowest BCUT2D eigenvalue weighted by Crippen LogP contribution is -2.26. The molecule has 0 aromatic carbocycles. The Kier molecular flexibility index (Phi) is 3.38. The maximum atomic E-state index is 13.2. The molecule has 0 saturated carbocycles. The first-order valence-electron chi connectivity index (χ1n) is 3.79. The lowest BCUT2D eigenvalue weighted by Gasteiger charge is -2.16. The van der Waals surface area contributed by atoms with Gasteiger partial charge < -0.3 is 10.5 Å². The smallest absolute Gasteiger partial charge is 0.290 e. The number of nitrogens with zero attached hydrogens (tertiary/aromatic N) is 1. The Morgan fingerprint density at radius 1 is 1.64 bits per heavy atom. The number of pyridine rings is 1. The van der Waals surface area contributed by atoms with E-state index in [2.05, 4.69) is 20.9 Å². The summed E-state index contributed by atoms with van der Waals surface area (Å²) in [6.07, 6.45) is 1.38. The normalized spacial score (nSPS) is 11.5. The van der Waals surface area contributed by atoms with Crippen LogP contribution in [0.2, 0.25) is 0 Å². The third kappa shape index (κ3) is 2.19. The summed E-state index contributed by atoms with van der Waals surface area (Å²) in [7, 11) is 1.28. The number of methoxy groups -OCH3 is 1. The summed E-state index contributed by atoms with van der Waals surface area (Å²) in [5.41, 5.74) is 4.65. The van der Waals surface area contributed by atoms with Gasteiger partial charge in [-0.05, 0) is 22.0 Å². The Morgan fingerprint density at radius 2 is 2.29 bits per heavy atom. The van der Waals surface area contributed by atoms with Crippen molar-refractivity contribution >= 4 is 15.9 Å². The minimum atomic E-state index is -3.12. The van der Waals surface area contributed by atoms with Gasteiger partial charge in [-0.3, -0.25) is 0 Å². The van der Waals surface area contributed by atoms with Gasteiger partial charge in [0.05, 0.1) is 19.2 Å². The lowest BCUT2D eigenvalue weighted by molar-refractivity contribution is 0.00304. The van der Waals surface area contributed by atoms with E-state index >= 15 is 0 Å². The van der Waals surface area contributed by atoms with Gasteiger partial charge in [-0.1, -0.05) is 0 Å². The van der Waals surface area contributed by atoms with Crippen molar-refractivity contribution in [2.45, 2.75) is 5.92 Å². The van der Waals surface area contributed by atoms with E-state index in [1.165, 1.54) is 19.4 Å². The fraction of sp³-hybridized carbons (Fsp3) is 0.375. The first-order chi connectivity index (χ1) is 6.51. The van der Waals surface area contributed by atoms with Gasteiger partial charge >= 0.3 is 0 Å². The van der Waals surface area contributed by atoms with Crippen LogP contribution in [0.5, 0.6) is 5.88 Å². The molecule has 6 heteroatoms. The zero-order valence-electron chi connectivity index (χ0n) is 7.43. The van der Waals surface area contributed by atoms with Crippen molar-refractivity contribution < 1.29 is 13.5 Å². The first kappa shape index (κ1) is 11.3. The van der Waals surface area contributed by atoms with Crippen molar-refractivity contribution in [3.05, 3.63) is 22.3 Å². The van der Waals surface area contributed by atoms with E-state index < -0.39 is 12.5 Å². The Morgan fingerprint density at radius 3 is 2.79 bits per heavy atom. The van der Waals surface area contributed by atoms with Gasteiger partial charge in [0, 0.05) is 10.7 Å². The van der Waals surface area contributed by atoms with Crippen LogP contribution in [0.25, 0.3) is 0 Å². The summed E-state index contributed by atoms with van der Waals surface area (Å²) >= 11 is 3.05. The molecule has 1 heterocycles. The number of alkyl halides is 2. The van der Waals surface area contributed by atoms with Crippen molar-refractivity contribution in [2.75, 3.05) is 13.7 Å². The SMILES string of the molecule is COc1ncc(Br)cc1C(F)(F)CN. The first-order valence-corrected chi connectivity index (χ1v) is 4.58. The highest BCUT2D eigenvalue weighted by molar-refractivity contribution is 9.10. The molecule has 3 nitrogen and oxygen atoms in total. The second-order valence-corrected chi connectivity index (χ2v) is 3.53. The molecule has 1 aromatic rings. The second kappa shape index (κ2) is 4.18. The molecule has 0 saturated heterocycles. The quantitative estimate of drug-likeness (QED) is 0.909. The van der Waals surface area contributed by atoms with E-state index in [0.29, 0.717) is 4.47 Å². The Labute approximate surface area is 88.4 Å². The molecule has 0 atom stereocenters. The van der Waals surface area contributed by atoms with Gasteiger partial charge in [0.25, 0.3) is 5.92 Å². The zero-order chi connectivity index (χ0) is 10.8. The number of hydrogen-bond acceptors (Lipinski definition) is 3. The van der Waals surface area contributed by atoms with E-state index in [1.807, 2.05) is 0 Å². The van der Waals surface area contributed by atoms with Gasteiger partial charge in [-0.25, -0.2) is 4.98 Å². The van der Waals surface area contributed by atoms with Gasteiger partial charge in [-0.2, -0.15) is 8.78 Å². The average Bonchev–Trinajstić information content (AvgIpc) is 2.18. The molecule has 0 radical (unpaired) electrons. The third-order valence-electron chi connectivity index (χ3n) is 1.66. The van der Waals surface area contributed by atoms with Gasteiger partial charge in [0.15, 0.2) is 0 Å². The molecule has 1 rings (SSSR count). The Hall–Kier alpha value is -0.750. The number of rotatable bonds is 3. The topological polar surface area (TPSA) is 48.1 Å². The van der Waals surface area contributed by atoms with Crippen molar-refractivity contribution in [3.63, 3.8) is 0 Å². The molecule has 2 N–H and O–H groups in total. The van der Waals surface area contributed by atoms with E-state index in [-0.39, 0.29) is 11.4 Å². The highest BCUT2D eigenvalue weighted by Crippen LogP contribution is 2.34. The molecule has 78 valence electrons. The van der Waals surface area contributed by atoms with Gasteiger partial charge in [-0.15, -0.1) is 0 Å². The predicted octanol–water partition coefficient (Wildman–Crippen LogP) is 1.90. The molecule has 0 aliphatic rings. The molecule has 0 fully saturated rings. The van der Waals surface area contributed by atoms with Crippen LogP contribution in [0, 0.1) is 0 Å². The molecule has 0 bridgehead atoms. The summed E-state index contributed by atoms with van der Waals surface area (Å²) in [6.45, 7) is -0.776. The molecule has 14 heavy (non-hydrogen) atoms. The van der Waals surface area contributed by atoms with Crippen LogP contribution in [0.1, 0.15) is 5.56 Å². The third-order valence-corrected chi connectivity index (χ3v) is 2.10. The van der Waals surface area contributed by atoms with Gasteiger partial charge in [0.1, 0.15) is 0 Å². The molecular weight excluding hydrogens is 258 g/mol. The van der Waals surface area contributed by atoms with Crippen molar-refractivity contribution in [1.82, 2.24) is 4.98 Å². The van der Waals surface area contributed by atoms with E-state index in [1.54, 1.807) is 0 Å². The Bertz CT molecular complexity index is 333. The zero-order valence-corrected chi connectivity index (χ0v) is 9.01. The van der Waals surface area contributed by atoms with Crippen molar-refractivity contribution in [1.29, 1.82) is 0 Å². The molecule has 1 aromatic heterocycles. The largest absolute Gasteiger partial charge is 0.481 e. The minimum absolute atomic E-state index is 0.108. The van der Waals surface area contributed by atoms with Crippen LogP contribution in [-0.2, 0) is 5.92 Å². The molecular formula is C8H9BrF2N2O. The number of halogens is 3. The maximum Gasteiger partial charge on any atom is 0.290 e. The van der Waals surface area contributed by atoms with Crippen LogP contribution in [0.15, 0.2) is 16.7 Å². The predicted molar refractivity (Wildman–Crippen MR) is 51.4 cm³/mol.